The van der Waals surface area contributed by atoms with Crippen LogP contribution in [-0.4, -0.2) is 28.5 Å². The smallest absolute Gasteiger partial charge is 0.451 e. The van der Waals surface area contributed by atoms with Crippen molar-refractivity contribution in [3.8, 4) is 0 Å². The molecule has 26 heavy (non-hydrogen) atoms. The molecular weight excluding hydrogens is 377 g/mol. The summed E-state index contributed by atoms with van der Waals surface area (Å²) in [6.07, 6.45) is -4.16. The Bertz CT molecular complexity index is 813. The van der Waals surface area contributed by atoms with E-state index in [-0.39, 0.29) is 17.7 Å². The summed E-state index contributed by atoms with van der Waals surface area (Å²) in [6, 6.07) is 5.75. The number of benzene rings is 1. The van der Waals surface area contributed by atoms with Gasteiger partial charge in [-0.1, -0.05) is 11.6 Å². The normalized spacial score (nSPS) is 11.0. The van der Waals surface area contributed by atoms with Crippen LogP contribution in [0.3, 0.4) is 0 Å². The van der Waals surface area contributed by atoms with Gasteiger partial charge in [0.25, 0.3) is 5.91 Å². The van der Waals surface area contributed by atoms with E-state index in [0.29, 0.717) is 11.2 Å². The van der Waals surface area contributed by atoms with Crippen LogP contribution in [0.2, 0.25) is 5.02 Å². The highest BCUT2D eigenvalue weighted by Gasteiger charge is 2.36. The van der Waals surface area contributed by atoms with Crippen LogP contribution in [0.5, 0.6) is 0 Å². The molecule has 0 saturated carbocycles. The summed E-state index contributed by atoms with van der Waals surface area (Å²) in [4.78, 5) is 30.2. The zero-order valence-electron chi connectivity index (χ0n) is 13.2. The summed E-state index contributed by atoms with van der Waals surface area (Å²) < 4.78 is 43.1. The molecule has 0 aliphatic carbocycles. The standard InChI is InChI=1S/C15H12ClF3N4O3/c1-2-26-13(25)10-7-20-14(15(17,18)19)21-11(10)22-23-12(24)8-3-5-9(16)6-4-8/h3-7H,2H2,1H3,(H,23,24)(H,20,21,22). The minimum atomic E-state index is -4.83. The fourth-order valence-electron chi connectivity index (χ4n) is 1.76. The fraction of sp³-hybridized carbons (Fsp3) is 0.200. The van der Waals surface area contributed by atoms with Gasteiger partial charge in [-0.25, -0.2) is 14.8 Å². The molecule has 0 aliphatic heterocycles. The average molecular weight is 389 g/mol. The second kappa shape index (κ2) is 8.00. The molecule has 138 valence electrons. The Morgan fingerprint density at radius 3 is 2.46 bits per heavy atom. The number of ether oxygens (including phenoxy) is 1. The summed E-state index contributed by atoms with van der Waals surface area (Å²) in [7, 11) is 0. The predicted molar refractivity (Wildman–Crippen MR) is 85.5 cm³/mol. The Hall–Kier alpha value is -2.88. The van der Waals surface area contributed by atoms with Gasteiger partial charge in [0, 0.05) is 16.8 Å². The van der Waals surface area contributed by atoms with Gasteiger partial charge in [-0.3, -0.25) is 15.6 Å². The molecule has 1 heterocycles. The van der Waals surface area contributed by atoms with Crippen molar-refractivity contribution < 1.29 is 27.5 Å². The second-order valence-electron chi connectivity index (χ2n) is 4.76. The molecule has 0 fully saturated rings. The monoisotopic (exact) mass is 388 g/mol. The van der Waals surface area contributed by atoms with Gasteiger partial charge in [0.2, 0.25) is 5.82 Å². The highest BCUT2D eigenvalue weighted by atomic mass is 35.5. The number of nitrogens with one attached hydrogen (secondary N) is 2. The molecular formula is C15H12ClF3N4O3. The third-order valence-corrected chi connectivity index (χ3v) is 3.19. The quantitative estimate of drug-likeness (QED) is 0.604. The van der Waals surface area contributed by atoms with E-state index in [4.69, 9.17) is 16.3 Å². The number of halogens is 4. The number of aromatic nitrogens is 2. The van der Waals surface area contributed by atoms with Crippen molar-refractivity contribution in [1.29, 1.82) is 0 Å². The average Bonchev–Trinajstić information content (AvgIpc) is 2.59. The Morgan fingerprint density at radius 1 is 1.23 bits per heavy atom. The van der Waals surface area contributed by atoms with E-state index in [9.17, 15) is 22.8 Å². The lowest BCUT2D eigenvalue weighted by molar-refractivity contribution is -0.144. The van der Waals surface area contributed by atoms with Crippen molar-refractivity contribution in [3.63, 3.8) is 0 Å². The molecule has 0 atom stereocenters. The molecule has 0 saturated heterocycles. The van der Waals surface area contributed by atoms with E-state index >= 15 is 0 Å². The number of esters is 1. The number of alkyl halides is 3. The first-order valence-corrected chi connectivity index (χ1v) is 7.53. The van der Waals surface area contributed by atoms with Crippen LogP contribution in [0.25, 0.3) is 0 Å². The van der Waals surface area contributed by atoms with Gasteiger partial charge in [0.05, 0.1) is 6.61 Å². The minimum absolute atomic E-state index is 0.00354. The second-order valence-corrected chi connectivity index (χ2v) is 5.20. The van der Waals surface area contributed by atoms with Gasteiger partial charge < -0.3 is 4.74 Å². The third-order valence-electron chi connectivity index (χ3n) is 2.94. The lowest BCUT2D eigenvalue weighted by atomic mass is 10.2. The van der Waals surface area contributed by atoms with Gasteiger partial charge in [-0.05, 0) is 31.2 Å². The topological polar surface area (TPSA) is 93.2 Å². The van der Waals surface area contributed by atoms with Crippen molar-refractivity contribution in [2.75, 3.05) is 12.0 Å². The first-order chi connectivity index (χ1) is 12.2. The lowest BCUT2D eigenvalue weighted by Crippen LogP contribution is -2.31. The van der Waals surface area contributed by atoms with E-state index in [1.807, 2.05) is 0 Å². The number of anilines is 1. The van der Waals surface area contributed by atoms with E-state index in [0.717, 1.165) is 0 Å². The zero-order valence-corrected chi connectivity index (χ0v) is 14.0. The van der Waals surface area contributed by atoms with Gasteiger partial charge in [-0.2, -0.15) is 13.2 Å². The van der Waals surface area contributed by atoms with Crippen molar-refractivity contribution in [2.45, 2.75) is 13.1 Å². The predicted octanol–water partition coefficient (Wildman–Crippen LogP) is 3.08. The number of carbonyl (C=O) groups is 2. The molecule has 1 aromatic heterocycles. The SMILES string of the molecule is CCOC(=O)c1cnc(C(F)(F)F)nc1NNC(=O)c1ccc(Cl)cc1. The van der Waals surface area contributed by atoms with Crippen molar-refractivity contribution >= 4 is 29.3 Å². The van der Waals surface area contributed by atoms with E-state index in [1.165, 1.54) is 31.2 Å². The van der Waals surface area contributed by atoms with Crippen LogP contribution >= 0.6 is 11.6 Å². The Balaban J connectivity index is 2.25. The van der Waals surface area contributed by atoms with E-state index in [1.54, 1.807) is 0 Å². The molecule has 7 nitrogen and oxygen atoms in total. The Morgan fingerprint density at radius 2 is 1.88 bits per heavy atom. The number of rotatable bonds is 5. The minimum Gasteiger partial charge on any atom is -0.462 e. The van der Waals surface area contributed by atoms with E-state index in [2.05, 4.69) is 20.8 Å². The number of carbonyl (C=O) groups excluding carboxylic acids is 2. The first kappa shape index (κ1) is 19.4. The van der Waals surface area contributed by atoms with Crippen molar-refractivity contribution in [1.82, 2.24) is 15.4 Å². The van der Waals surface area contributed by atoms with Gasteiger partial charge in [0.15, 0.2) is 5.82 Å². The fourth-order valence-corrected chi connectivity index (χ4v) is 1.89. The maximum Gasteiger partial charge on any atom is 0.451 e. The Kier molecular flexibility index (Phi) is 5.98. The van der Waals surface area contributed by atoms with Crippen LogP contribution in [0.1, 0.15) is 33.5 Å². The molecule has 2 rings (SSSR count). The molecule has 0 radical (unpaired) electrons. The number of hydrogen-bond donors (Lipinski definition) is 2. The van der Waals surface area contributed by atoms with Crippen LogP contribution < -0.4 is 10.9 Å². The van der Waals surface area contributed by atoms with Crippen LogP contribution in [0.4, 0.5) is 19.0 Å². The number of amides is 1. The number of hydrogen-bond acceptors (Lipinski definition) is 6. The van der Waals surface area contributed by atoms with Crippen molar-refractivity contribution in [3.05, 3.63) is 52.4 Å². The molecule has 1 aromatic carbocycles. The number of hydrazine groups is 1. The van der Waals surface area contributed by atoms with Crippen molar-refractivity contribution in [2.24, 2.45) is 0 Å². The molecule has 2 aromatic rings. The molecule has 2 N–H and O–H groups in total. The largest absolute Gasteiger partial charge is 0.462 e. The van der Waals surface area contributed by atoms with Crippen LogP contribution in [-0.2, 0) is 10.9 Å². The summed E-state index contributed by atoms with van der Waals surface area (Å²) in [5.74, 6) is -3.64. The van der Waals surface area contributed by atoms with Crippen LogP contribution in [0, 0.1) is 0 Å². The van der Waals surface area contributed by atoms with Gasteiger partial charge >= 0.3 is 12.1 Å². The summed E-state index contributed by atoms with van der Waals surface area (Å²) in [5, 5.41) is 0.407. The van der Waals surface area contributed by atoms with E-state index < -0.39 is 29.7 Å². The van der Waals surface area contributed by atoms with Crippen LogP contribution in [0.15, 0.2) is 30.5 Å². The first-order valence-electron chi connectivity index (χ1n) is 7.15. The molecule has 11 heteroatoms. The molecule has 1 amide bonds. The highest BCUT2D eigenvalue weighted by molar-refractivity contribution is 6.30. The maximum atomic E-state index is 12.8. The summed E-state index contributed by atoms with van der Waals surface area (Å²) >= 11 is 5.71. The molecule has 0 aliphatic rings. The molecule has 0 spiro atoms. The summed E-state index contributed by atoms with van der Waals surface area (Å²) in [5.41, 5.74) is 4.17. The van der Waals surface area contributed by atoms with Gasteiger partial charge in [-0.15, -0.1) is 0 Å². The number of nitrogens with zero attached hydrogens (tertiary/aromatic N) is 2. The summed E-state index contributed by atoms with van der Waals surface area (Å²) in [6.45, 7) is 1.52. The highest BCUT2D eigenvalue weighted by Crippen LogP contribution is 2.27. The molecule has 0 unspecified atom stereocenters. The zero-order chi connectivity index (χ0) is 19.3. The Labute approximate surface area is 150 Å². The third kappa shape index (κ3) is 4.82. The van der Waals surface area contributed by atoms with Gasteiger partial charge in [0.1, 0.15) is 5.56 Å². The lowest BCUT2D eigenvalue weighted by Gasteiger charge is -2.13. The molecule has 0 bridgehead atoms. The maximum absolute atomic E-state index is 12.8.